The molecule has 1 heterocycles. The van der Waals surface area contributed by atoms with Crippen molar-refractivity contribution in [2.24, 2.45) is 0 Å². The van der Waals surface area contributed by atoms with E-state index in [0.29, 0.717) is 6.20 Å². The molecular weight excluding hydrogens is 237 g/mol. The summed E-state index contributed by atoms with van der Waals surface area (Å²) in [6, 6.07) is 0. The quantitative estimate of drug-likeness (QED) is 0.557. The number of carbonyl (C=O) groups excluding carboxylic acids is 1. The van der Waals surface area contributed by atoms with Crippen LogP contribution in [-0.2, 0) is 11.0 Å². The third kappa shape index (κ3) is 3.05. The molecule has 0 radical (unpaired) electrons. The van der Waals surface area contributed by atoms with E-state index in [4.69, 9.17) is 11.6 Å². The Bertz CT molecular complexity index is 394. The highest BCUT2D eigenvalue weighted by atomic mass is 35.5. The van der Waals surface area contributed by atoms with Crippen LogP contribution in [0.2, 0.25) is 5.28 Å². The van der Waals surface area contributed by atoms with Crippen molar-refractivity contribution >= 4 is 17.6 Å². The molecule has 0 unspecified atom stereocenters. The summed E-state index contributed by atoms with van der Waals surface area (Å²) in [5, 5.41) is -0.571. The van der Waals surface area contributed by atoms with Gasteiger partial charge >= 0.3 is 12.1 Å². The minimum atomic E-state index is -4.75. The molecule has 0 aliphatic heterocycles. The van der Waals surface area contributed by atoms with Crippen molar-refractivity contribution in [1.82, 2.24) is 9.97 Å². The lowest BCUT2D eigenvalue weighted by molar-refractivity contribution is -0.144. The van der Waals surface area contributed by atoms with Crippen LogP contribution in [-0.4, -0.2) is 15.9 Å². The SMILES string of the molecule is CC(=O)Oc1cnc(Cl)nc1C(F)(F)F. The molecule has 1 aromatic heterocycles. The summed E-state index contributed by atoms with van der Waals surface area (Å²) in [5.41, 5.74) is -1.38. The molecule has 0 bridgehead atoms. The molecule has 0 aliphatic rings. The molecule has 0 aromatic carbocycles. The van der Waals surface area contributed by atoms with Crippen LogP contribution in [0, 0.1) is 0 Å². The monoisotopic (exact) mass is 240 g/mol. The maximum absolute atomic E-state index is 12.3. The molecule has 0 amide bonds. The summed E-state index contributed by atoms with van der Waals surface area (Å²) in [6.07, 6.45) is -4.06. The molecule has 8 heteroatoms. The predicted octanol–water partition coefficient (Wildman–Crippen LogP) is 2.07. The molecule has 4 nitrogen and oxygen atoms in total. The average Bonchev–Trinajstić information content (AvgIpc) is 2.05. The predicted molar refractivity (Wildman–Crippen MR) is 43.4 cm³/mol. The van der Waals surface area contributed by atoms with Gasteiger partial charge in [0.15, 0.2) is 11.4 Å². The van der Waals surface area contributed by atoms with Gasteiger partial charge in [-0.15, -0.1) is 0 Å². The molecule has 0 saturated carbocycles. The number of esters is 1. The maximum Gasteiger partial charge on any atom is 0.437 e. The molecule has 0 N–H and O–H groups in total. The van der Waals surface area contributed by atoms with Gasteiger partial charge in [0, 0.05) is 6.92 Å². The zero-order valence-corrected chi connectivity index (χ0v) is 8.06. The van der Waals surface area contributed by atoms with E-state index in [1.54, 1.807) is 0 Å². The van der Waals surface area contributed by atoms with E-state index >= 15 is 0 Å². The van der Waals surface area contributed by atoms with Crippen molar-refractivity contribution in [1.29, 1.82) is 0 Å². The Hall–Kier alpha value is -1.37. The lowest BCUT2D eigenvalue weighted by atomic mass is 10.3. The third-order valence-corrected chi connectivity index (χ3v) is 1.43. The number of hydrogen-bond donors (Lipinski definition) is 0. The molecule has 0 spiro atoms. The summed E-state index contributed by atoms with van der Waals surface area (Å²) in [6.45, 7) is 0.967. The number of carbonyl (C=O) groups is 1. The van der Waals surface area contributed by atoms with Gasteiger partial charge < -0.3 is 4.74 Å². The molecule has 0 atom stereocenters. The molecule has 15 heavy (non-hydrogen) atoms. The van der Waals surface area contributed by atoms with Gasteiger partial charge in [-0.1, -0.05) is 0 Å². The molecule has 1 rings (SSSR count). The summed E-state index contributed by atoms with van der Waals surface area (Å²) in [5.74, 6) is -1.66. The second kappa shape index (κ2) is 4.01. The number of halogens is 4. The summed E-state index contributed by atoms with van der Waals surface area (Å²) < 4.78 is 41.3. The Labute approximate surface area is 87.0 Å². The van der Waals surface area contributed by atoms with Gasteiger partial charge in [-0.05, 0) is 11.6 Å². The fourth-order valence-corrected chi connectivity index (χ4v) is 0.915. The summed E-state index contributed by atoms with van der Waals surface area (Å²) in [7, 11) is 0. The first kappa shape index (κ1) is 11.7. The van der Waals surface area contributed by atoms with Crippen LogP contribution in [0.25, 0.3) is 0 Å². The van der Waals surface area contributed by atoms with Crippen LogP contribution in [0.4, 0.5) is 13.2 Å². The second-order valence-electron chi connectivity index (χ2n) is 2.44. The largest absolute Gasteiger partial charge is 0.437 e. The van der Waals surface area contributed by atoms with E-state index in [1.165, 1.54) is 0 Å². The highest BCUT2D eigenvalue weighted by Gasteiger charge is 2.37. The van der Waals surface area contributed by atoms with Gasteiger partial charge in [0.1, 0.15) is 0 Å². The van der Waals surface area contributed by atoms with Crippen LogP contribution in [0.1, 0.15) is 12.6 Å². The summed E-state index contributed by atoms with van der Waals surface area (Å²) >= 11 is 5.20. The molecule has 1 aromatic rings. The molecule has 0 fully saturated rings. The number of rotatable bonds is 1. The molecule has 0 aliphatic carbocycles. The first-order valence-electron chi connectivity index (χ1n) is 3.59. The second-order valence-corrected chi connectivity index (χ2v) is 2.78. The van der Waals surface area contributed by atoms with Crippen molar-refractivity contribution in [3.63, 3.8) is 0 Å². The maximum atomic E-state index is 12.3. The fraction of sp³-hybridized carbons (Fsp3) is 0.286. The minimum absolute atomic E-state index is 0.571. The first-order chi connectivity index (χ1) is 6.80. The van der Waals surface area contributed by atoms with Crippen molar-refractivity contribution in [2.45, 2.75) is 13.1 Å². The van der Waals surface area contributed by atoms with Crippen LogP contribution in [0.15, 0.2) is 6.20 Å². The molecule has 82 valence electrons. The van der Waals surface area contributed by atoms with Gasteiger partial charge in [0.05, 0.1) is 6.20 Å². The number of ether oxygens (including phenoxy) is 1. The Kier molecular flexibility index (Phi) is 3.13. The van der Waals surface area contributed by atoms with Gasteiger partial charge in [0.25, 0.3) is 0 Å². The number of nitrogens with zero attached hydrogens (tertiary/aromatic N) is 2. The number of aromatic nitrogens is 2. The van der Waals surface area contributed by atoms with Gasteiger partial charge in [0.2, 0.25) is 5.28 Å². The van der Waals surface area contributed by atoms with Crippen molar-refractivity contribution in [3.8, 4) is 5.75 Å². The van der Waals surface area contributed by atoms with E-state index in [0.717, 1.165) is 6.92 Å². The van der Waals surface area contributed by atoms with Gasteiger partial charge in [-0.25, -0.2) is 9.97 Å². The van der Waals surface area contributed by atoms with Crippen molar-refractivity contribution in [2.75, 3.05) is 0 Å². The van der Waals surface area contributed by atoms with Crippen LogP contribution < -0.4 is 4.74 Å². The summed E-state index contributed by atoms with van der Waals surface area (Å²) in [4.78, 5) is 16.7. The van der Waals surface area contributed by atoms with Gasteiger partial charge in [-0.3, -0.25) is 4.79 Å². The fourth-order valence-electron chi connectivity index (χ4n) is 0.782. The number of hydrogen-bond acceptors (Lipinski definition) is 4. The Morgan fingerprint density at radius 3 is 2.60 bits per heavy atom. The average molecular weight is 241 g/mol. The highest BCUT2D eigenvalue weighted by molar-refractivity contribution is 6.28. The lowest BCUT2D eigenvalue weighted by Gasteiger charge is -2.09. The zero-order valence-electron chi connectivity index (χ0n) is 7.30. The van der Waals surface area contributed by atoms with E-state index in [2.05, 4.69) is 14.7 Å². The molecule has 0 saturated heterocycles. The Morgan fingerprint density at radius 1 is 1.53 bits per heavy atom. The normalized spacial score (nSPS) is 11.3. The van der Waals surface area contributed by atoms with E-state index in [1.807, 2.05) is 0 Å². The van der Waals surface area contributed by atoms with Crippen molar-refractivity contribution < 1.29 is 22.7 Å². The Morgan fingerprint density at radius 2 is 2.13 bits per heavy atom. The lowest BCUT2D eigenvalue weighted by Crippen LogP contribution is -2.14. The van der Waals surface area contributed by atoms with E-state index < -0.39 is 28.9 Å². The third-order valence-electron chi connectivity index (χ3n) is 1.25. The standard InChI is InChI=1S/C7H4ClF3N2O2/c1-3(14)15-4-2-12-6(8)13-5(4)7(9,10)11/h2H,1H3. The number of alkyl halides is 3. The smallest absolute Gasteiger partial charge is 0.423 e. The highest BCUT2D eigenvalue weighted by Crippen LogP contribution is 2.34. The Balaban J connectivity index is 3.20. The van der Waals surface area contributed by atoms with E-state index in [9.17, 15) is 18.0 Å². The van der Waals surface area contributed by atoms with E-state index in [-0.39, 0.29) is 0 Å². The van der Waals surface area contributed by atoms with Crippen molar-refractivity contribution in [3.05, 3.63) is 17.2 Å². The minimum Gasteiger partial charge on any atom is -0.423 e. The van der Waals surface area contributed by atoms with Crippen LogP contribution in [0.3, 0.4) is 0 Å². The first-order valence-corrected chi connectivity index (χ1v) is 3.96. The van der Waals surface area contributed by atoms with Gasteiger partial charge in [-0.2, -0.15) is 13.2 Å². The van der Waals surface area contributed by atoms with Crippen LogP contribution in [0.5, 0.6) is 5.75 Å². The zero-order chi connectivity index (χ0) is 11.6. The van der Waals surface area contributed by atoms with Crippen LogP contribution >= 0.6 is 11.6 Å². The topological polar surface area (TPSA) is 52.1 Å². The molecular formula is C7H4ClF3N2O2.